The molecule has 1 nitrogen and oxygen atoms in total. The lowest BCUT2D eigenvalue weighted by atomic mass is 9.76. The molecule has 0 atom stereocenters. The van der Waals surface area contributed by atoms with Crippen LogP contribution in [0.25, 0.3) is 0 Å². The summed E-state index contributed by atoms with van der Waals surface area (Å²) < 4.78 is 0. The van der Waals surface area contributed by atoms with E-state index in [1.165, 1.54) is 38.5 Å². The SMILES string of the molecule is CCC1(CC(C)(C)[Si](C)(C)O)CCCC1. The van der Waals surface area contributed by atoms with Crippen LogP contribution in [0.3, 0.4) is 0 Å². The first-order valence-corrected chi connectivity index (χ1v) is 9.40. The van der Waals surface area contributed by atoms with Crippen LogP contribution in [0, 0.1) is 5.41 Å². The van der Waals surface area contributed by atoms with Crippen LogP contribution in [0.2, 0.25) is 18.1 Å². The zero-order chi connectivity index (χ0) is 11.7. The Labute approximate surface area is 96.4 Å². The minimum atomic E-state index is -2.02. The summed E-state index contributed by atoms with van der Waals surface area (Å²) in [5.41, 5.74) is 0.552. The highest BCUT2D eigenvalue weighted by molar-refractivity contribution is 6.72. The first kappa shape index (κ1) is 13.2. The van der Waals surface area contributed by atoms with Gasteiger partial charge in [0.05, 0.1) is 0 Å². The molecule has 0 saturated heterocycles. The Morgan fingerprint density at radius 2 is 1.67 bits per heavy atom. The molecule has 0 heterocycles. The molecule has 15 heavy (non-hydrogen) atoms. The molecule has 0 aromatic heterocycles. The smallest absolute Gasteiger partial charge is 0.188 e. The Kier molecular flexibility index (Phi) is 3.72. The van der Waals surface area contributed by atoms with Gasteiger partial charge in [-0.2, -0.15) is 0 Å². The summed E-state index contributed by atoms with van der Waals surface area (Å²) in [7, 11) is -2.02. The van der Waals surface area contributed by atoms with Crippen molar-refractivity contribution in [3.63, 3.8) is 0 Å². The van der Waals surface area contributed by atoms with Gasteiger partial charge in [-0.25, -0.2) is 0 Å². The third kappa shape index (κ3) is 2.85. The summed E-state index contributed by atoms with van der Waals surface area (Å²) in [6.45, 7) is 11.0. The molecular weight excluding hydrogens is 200 g/mol. The van der Waals surface area contributed by atoms with E-state index < -0.39 is 8.32 Å². The Morgan fingerprint density at radius 1 is 1.20 bits per heavy atom. The fourth-order valence-corrected chi connectivity index (χ4v) is 3.74. The van der Waals surface area contributed by atoms with E-state index in [9.17, 15) is 4.80 Å². The second kappa shape index (κ2) is 4.21. The third-order valence-electron chi connectivity index (χ3n) is 4.89. The summed E-state index contributed by atoms with van der Waals surface area (Å²) in [5, 5.41) is 0.160. The highest BCUT2D eigenvalue weighted by atomic mass is 28.4. The van der Waals surface area contributed by atoms with Crippen molar-refractivity contribution in [3.8, 4) is 0 Å². The first-order chi connectivity index (χ1) is 6.72. The Balaban J connectivity index is 2.74. The van der Waals surface area contributed by atoms with Gasteiger partial charge in [0.2, 0.25) is 0 Å². The van der Waals surface area contributed by atoms with Gasteiger partial charge in [0.1, 0.15) is 0 Å². The summed E-state index contributed by atoms with van der Waals surface area (Å²) in [6, 6.07) is 0. The maximum atomic E-state index is 10.4. The van der Waals surface area contributed by atoms with Crippen molar-refractivity contribution in [1.82, 2.24) is 0 Å². The molecule has 1 N–H and O–H groups in total. The van der Waals surface area contributed by atoms with Gasteiger partial charge in [0, 0.05) is 0 Å². The van der Waals surface area contributed by atoms with E-state index in [0.29, 0.717) is 5.41 Å². The molecule has 0 bridgehead atoms. The van der Waals surface area contributed by atoms with Gasteiger partial charge < -0.3 is 4.80 Å². The fraction of sp³-hybridized carbons (Fsp3) is 1.00. The molecule has 1 rings (SSSR count). The minimum absolute atomic E-state index is 0.160. The maximum Gasteiger partial charge on any atom is 0.188 e. The first-order valence-electron chi connectivity index (χ1n) is 6.45. The molecule has 0 unspecified atom stereocenters. The molecule has 1 fully saturated rings. The third-order valence-corrected chi connectivity index (χ3v) is 8.38. The molecule has 0 aromatic carbocycles. The fourth-order valence-electron chi connectivity index (χ4n) is 2.93. The predicted octanol–water partition coefficient (Wildman–Crippen LogP) is 4.32. The summed E-state index contributed by atoms with van der Waals surface area (Å²) in [5.74, 6) is 0. The van der Waals surface area contributed by atoms with Crippen LogP contribution in [0.1, 0.15) is 59.3 Å². The van der Waals surface area contributed by atoms with Gasteiger partial charge in [-0.3, -0.25) is 0 Å². The average molecular weight is 228 g/mol. The van der Waals surface area contributed by atoms with Crippen LogP contribution < -0.4 is 0 Å². The zero-order valence-electron chi connectivity index (χ0n) is 11.2. The van der Waals surface area contributed by atoms with Crippen LogP contribution >= 0.6 is 0 Å². The second-order valence-electron chi connectivity index (χ2n) is 6.68. The monoisotopic (exact) mass is 228 g/mol. The molecule has 0 amide bonds. The van der Waals surface area contributed by atoms with Crippen LogP contribution in [-0.2, 0) is 0 Å². The molecule has 1 saturated carbocycles. The van der Waals surface area contributed by atoms with Gasteiger partial charge in [-0.1, -0.05) is 40.0 Å². The van der Waals surface area contributed by atoms with E-state index in [0.717, 1.165) is 0 Å². The number of rotatable bonds is 4. The van der Waals surface area contributed by atoms with Crippen molar-refractivity contribution in [2.24, 2.45) is 5.41 Å². The molecular formula is C13H28OSi. The van der Waals surface area contributed by atoms with Crippen molar-refractivity contribution >= 4 is 8.32 Å². The Hall–Kier alpha value is 0.177. The van der Waals surface area contributed by atoms with Crippen LogP contribution in [0.5, 0.6) is 0 Å². The van der Waals surface area contributed by atoms with Crippen molar-refractivity contribution < 1.29 is 4.80 Å². The van der Waals surface area contributed by atoms with E-state index >= 15 is 0 Å². The lowest BCUT2D eigenvalue weighted by Crippen LogP contribution is -2.42. The molecule has 0 spiro atoms. The average Bonchev–Trinajstić information content (AvgIpc) is 2.51. The summed E-state index contributed by atoms with van der Waals surface area (Å²) in [4.78, 5) is 10.4. The van der Waals surface area contributed by atoms with Crippen LogP contribution in [0.4, 0.5) is 0 Å². The van der Waals surface area contributed by atoms with Gasteiger partial charge in [0.15, 0.2) is 8.32 Å². The Morgan fingerprint density at radius 3 is 2.00 bits per heavy atom. The standard InChI is InChI=1S/C13H28OSi/c1-6-13(9-7-8-10-13)11-12(2,3)15(4,5)14/h14H,6-11H2,1-5H3. The van der Waals surface area contributed by atoms with Crippen LogP contribution in [0.15, 0.2) is 0 Å². The van der Waals surface area contributed by atoms with Gasteiger partial charge >= 0.3 is 0 Å². The molecule has 0 radical (unpaired) electrons. The molecule has 90 valence electrons. The minimum Gasteiger partial charge on any atom is -0.432 e. The van der Waals surface area contributed by atoms with E-state index in [1.54, 1.807) is 0 Å². The second-order valence-corrected chi connectivity index (χ2v) is 11.2. The molecule has 1 aliphatic rings. The van der Waals surface area contributed by atoms with E-state index in [2.05, 4.69) is 33.9 Å². The predicted molar refractivity (Wildman–Crippen MR) is 69.6 cm³/mol. The largest absolute Gasteiger partial charge is 0.432 e. The summed E-state index contributed by atoms with van der Waals surface area (Å²) in [6.07, 6.45) is 8.09. The maximum absolute atomic E-state index is 10.4. The highest BCUT2D eigenvalue weighted by Gasteiger charge is 2.45. The van der Waals surface area contributed by atoms with Crippen molar-refractivity contribution in [3.05, 3.63) is 0 Å². The van der Waals surface area contributed by atoms with E-state index in [1.807, 2.05) is 0 Å². The van der Waals surface area contributed by atoms with Crippen molar-refractivity contribution in [2.75, 3.05) is 0 Å². The Bertz CT molecular complexity index is 209. The zero-order valence-corrected chi connectivity index (χ0v) is 12.2. The topological polar surface area (TPSA) is 20.2 Å². The lowest BCUT2D eigenvalue weighted by molar-refractivity contribution is 0.218. The van der Waals surface area contributed by atoms with Gasteiger partial charge in [0.25, 0.3) is 0 Å². The van der Waals surface area contributed by atoms with E-state index in [-0.39, 0.29) is 5.04 Å². The molecule has 2 heteroatoms. The quantitative estimate of drug-likeness (QED) is 0.710. The summed E-state index contributed by atoms with van der Waals surface area (Å²) >= 11 is 0. The van der Waals surface area contributed by atoms with Crippen molar-refractivity contribution in [2.45, 2.75) is 77.4 Å². The van der Waals surface area contributed by atoms with Crippen molar-refractivity contribution in [1.29, 1.82) is 0 Å². The lowest BCUT2D eigenvalue weighted by Gasteiger charge is -2.42. The number of hydrogen-bond acceptors (Lipinski definition) is 1. The normalized spacial score (nSPS) is 22.0. The number of hydrogen-bond donors (Lipinski definition) is 1. The van der Waals surface area contributed by atoms with Gasteiger partial charge in [-0.15, -0.1) is 0 Å². The highest BCUT2D eigenvalue weighted by Crippen LogP contribution is 2.53. The van der Waals surface area contributed by atoms with Gasteiger partial charge in [-0.05, 0) is 42.8 Å². The molecule has 0 aromatic rings. The molecule has 0 aliphatic heterocycles. The molecule has 1 aliphatic carbocycles. The van der Waals surface area contributed by atoms with E-state index in [4.69, 9.17) is 0 Å². The van der Waals surface area contributed by atoms with Crippen LogP contribution in [-0.4, -0.2) is 13.1 Å².